The van der Waals surface area contributed by atoms with E-state index in [1.54, 1.807) is 0 Å². The molecule has 0 saturated heterocycles. The van der Waals surface area contributed by atoms with E-state index in [1.165, 1.54) is 11.1 Å². The summed E-state index contributed by atoms with van der Waals surface area (Å²) in [7, 11) is 0. The van der Waals surface area contributed by atoms with Crippen molar-refractivity contribution in [1.82, 2.24) is 0 Å². The van der Waals surface area contributed by atoms with Crippen LogP contribution >= 0.6 is 11.8 Å². The molecule has 1 atom stereocenters. The molecular weight excluding hydrogens is 190 g/mol. The summed E-state index contributed by atoms with van der Waals surface area (Å²) < 4.78 is 0. The zero-order valence-electron chi connectivity index (χ0n) is 8.03. The Kier molecular flexibility index (Phi) is 2.60. The number of benzene rings is 1. The minimum Gasteiger partial charge on any atom is -0.192 e. The molecule has 1 nitrogen and oxygen atoms in total. The van der Waals surface area contributed by atoms with Crippen molar-refractivity contribution in [3.63, 3.8) is 0 Å². The lowest BCUT2D eigenvalue weighted by Crippen LogP contribution is -1.96. The van der Waals surface area contributed by atoms with Crippen LogP contribution in [-0.4, -0.2) is 5.75 Å². The second kappa shape index (κ2) is 3.89. The number of hydrogen-bond donors (Lipinski definition) is 0. The van der Waals surface area contributed by atoms with Gasteiger partial charge in [0.25, 0.3) is 0 Å². The Morgan fingerprint density at radius 3 is 3.00 bits per heavy atom. The van der Waals surface area contributed by atoms with Crippen LogP contribution < -0.4 is 0 Å². The molecule has 1 aromatic rings. The molecule has 70 valence electrons. The lowest BCUT2D eigenvalue weighted by molar-refractivity contribution is 0.883. The van der Waals surface area contributed by atoms with Crippen LogP contribution in [0.1, 0.15) is 18.1 Å². The topological polar surface area (TPSA) is 23.8 Å². The average Bonchev–Trinajstić information content (AvgIpc) is 2.65. The highest BCUT2D eigenvalue weighted by atomic mass is 32.2. The van der Waals surface area contributed by atoms with Crippen molar-refractivity contribution in [2.24, 2.45) is 5.92 Å². The van der Waals surface area contributed by atoms with Gasteiger partial charge in [-0.25, -0.2) is 0 Å². The number of nitriles is 1. The number of hydrogen-bond acceptors (Lipinski definition) is 2. The van der Waals surface area contributed by atoms with E-state index in [0.29, 0.717) is 5.92 Å². The molecule has 0 N–H and O–H groups in total. The van der Waals surface area contributed by atoms with E-state index in [2.05, 4.69) is 24.5 Å². The summed E-state index contributed by atoms with van der Waals surface area (Å²) >= 11 is 1.85. The van der Waals surface area contributed by atoms with Gasteiger partial charge in [0.05, 0.1) is 11.6 Å². The summed E-state index contributed by atoms with van der Waals surface area (Å²) in [4.78, 5) is 0. The van der Waals surface area contributed by atoms with Crippen LogP contribution in [0.5, 0.6) is 0 Å². The van der Waals surface area contributed by atoms with Crippen molar-refractivity contribution in [1.29, 1.82) is 5.26 Å². The molecule has 1 aliphatic heterocycles. The first-order valence-electron chi connectivity index (χ1n) is 4.63. The maximum Gasteiger partial charge on any atom is 0.0991 e. The quantitative estimate of drug-likeness (QED) is 0.696. The van der Waals surface area contributed by atoms with Gasteiger partial charge in [0.1, 0.15) is 0 Å². The predicted molar refractivity (Wildman–Crippen MR) is 60.8 cm³/mol. The van der Waals surface area contributed by atoms with Crippen LogP contribution in [-0.2, 0) is 0 Å². The second-order valence-corrected chi connectivity index (χ2v) is 4.40. The van der Waals surface area contributed by atoms with E-state index >= 15 is 0 Å². The van der Waals surface area contributed by atoms with Crippen molar-refractivity contribution in [3.8, 4) is 6.07 Å². The maximum atomic E-state index is 8.80. The van der Waals surface area contributed by atoms with Crippen molar-refractivity contribution in [2.45, 2.75) is 6.92 Å². The molecular formula is C12H11NS. The SMILES string of the molecule is CC1CSC=C1c1cccc(C#N)c1. The summed E-state index contributed by atoms with van der Waals surface area (Å²) in [5.74, 6) is 1.76. The largest absolute Gasteiger partial charge is 0.192 e. The van der Waals surface area contributed by atoms with Crippen LogP contribution in [0.3, 0.4) is 0 Å². The van der Waals surface area contributed by atoms with Crippen molar-refractivity contribution in [3.05, 3.63) is 40.8 Å². The predicted octanol–water partition coefficient (Wildman–Crippen LogP) is 3.28. The standard InChI is InChI=1S/C12H11NS/c1-9-7-14-8-12(9)11-4-2-3-10(5-11)6-13/h2-5,8-9H,7H2,1H3. The van der Waals surface area contributed by atoms with Gasteiger partial charge in [-0.15, -0.1) is 11.8 Å². The van der Waals surface area contributed by atoms with Crippen LogP contribution in [0.25, 0.3) is 5.57 Å². The third-order valence-corrected chi connectivity index (χ3v) is 3.53. The molecule has 0 fully saturated rings. The molecule has 0 amide bonds. The summed E-state index contributed by atoms with van der Waals surface area (Å²) in [6.45, 7) is 2.23. The van der Waals surface area contributed by atoms with Gasteiger partial charge in [-0.2, -0.15) is 5.26 Å². The second-order valence-electron chi connectivity index (χ2n) is 3.50. The number of allylic oxidation sites excluding steroid dienone is 1. The third kappa shape index (κ3) is 1.69. The highest BCUT2D eigenvalue weighted by Crippen LogP contribution is 2.35. The van der Waals surface area contributed by atoms with Crippen LogP contribution in [0.4, 0.5) is 0 Å². The van der Waals surface area contributed by atoms with Crippen molar-refractivity contribution < 1.29 is 0 Å². The van der Waals surface area contributed by atoms with Gasteiger partial charge in [0.15, 0.2) is 0 Å². The van der Waals surface area contributed by atoms with E-state index in [4.69, 9.17) is 5.26 Å². The van der Waals surface area contributed by atoms with Crippen LogP contribution in [0.2, 0.25) is 0 Å². The Morgan fingerprint density at radius 1 is 1.50 bits per heavy atom. The molecule has 0 bridgehead atoms. The van der Waals surface area contributed by atoms with Gasteiger partial charge in [0, 0.05) is 5.75 Å². The average molecular weight is 201 g/mol. The molecule has 0 saturated carbocycles. The molecule has 14 heavy (non-hydrogen) atoms. The minimum atomic E-state index is 0.606. The summed E-state index contributed by atoms with van der Waals surface area (Å²) in [6, 6.07) is 10.0. The molecule has 2 rings (SSSR count). The highest BCUT2D eigenvalue weighted by Gasteiger charge is 2.16. The minimum absolute atomic E-state index is 0.606. The Morgan fingerprint density at radius 2 is 2.36 bits per heavy atom. The Hall–Kier alpha value is -1.20. The Balaban J connectivity index is 2.38. The number of nitrogens with zero attached hydrogens (tertiary/aromatic N) is 1. The molecule has 0 aromatic heterocycles. The summed E-state index contributed by atoms with van der Waals surface area (Å²) in [5.41, 5.74) is 3.31. The summed E-state index contributed by atoms with van der Waals surface area (Å²) in [6.07, 6.45) is 0. The van der Waals surface area contributed by atoms with Gasteiger partial charge in [-0.3, -0.25) is 0 Å². The highest BCUT2D eigenvalue weighted by molar-refractivity contribution is 8.02. The first-order chi connectivity index (χ1) is 6.81. The molecule has 0 spiro atoms. The van der Waals surface area contributed by atoms with Crippen molar-refractivity contribution in [2.75, 3.05) is 5.75 Å². The Bertz CT molecular complexity index is 415. The normalized spacial score (nSPS) is 20.3. The van der Waals surface area contributed by atoms with E-state index in [-0.39, 0.29) is 0 Å². The van der Waals surface area contributed by atoms with Gasteiger partial charge in [0.2, 0.25) is 0 Å². The molecule has 1 heterocycles. The molecule has 1 aromatic carbocycles. The van der Waals surface area contributed by atoms with Gasteiger partial charge in [-0.05, 0) is 34.6 Å². The maximum absolute atomic E-state index is 8.80. The monoisotopic (exact) mass is 201 g/mol. The number of thioether (sulfide) groups is 1. The van der Waals surface area contributed by atoms with Crippen molar-refractivity contribution >= 4 is 17.3 Å². The molecule has 1 aliphatic rings. The smallest absolute Gasteiger partial charge is 0.0991 e. The van der Waals surface area contributed by atoms with Crippen LogP contribution in [0, 0.1) is 17.2 Å². The molecule has 0 aliphatic carbocycles. The zero-order valence-corrected chi connectivity index (χ0v) is 8.84. The first-order valence-corrected chi connectivity index (χ1v) is 5.68. The van der Waals surface area contributed by atoms with Gasteiger partial charge >= 0.3 is 0 Å². The number of rotatable bonds is 1. The molecule has 0 radical (unpaired) electrons. The zero-order chi connectivity index (χ0) is 9.97. The third-order valence-electron chi connectivity index (χ3n) is 2.41. The van der Waals surface area contributed by atoms with Gasteiger partial charge in [-0.1, -0.05) is 19.1 Å². The fraction of sp³-hybridized carbons (Fsp3) is 0.250. The summed E-state index contributed by atoms with van der Waals surface area (Å²) in [5, 5.41) is 11.0. The fourth-order valence-electron chi connectivity index (χ4n) is 1.61. The molecule has 2 heteroatoms. The van der Waals surface area contributed by atoms with E-state index in [0.717, 1.165) is 11.3 Å². The lowest BCUT2D eigenvalue weighted by Gasteiger charge is -2.08. The fourth-order valence-corrected chi connectivity index (χ4v) is 2.72. The van der Waals surface area contributed by atoms with E-state index in [1.807, 2.05) is 30.0 Å². The molecule has 1 unspecified atom stereocenters. The Labute approximate surface area is 88.4 Å². The van der Waals surface area contributed by atoms with Gasteiger partial charge < -0.3 is 0 Å². The van der Waals surface area contributed by atoms with E-state index in [9.17, 15) is 0 Å². The van der Waals surface area contributed by atoms with E-state index < -0.39 is 0 Å². The van der Waals surface area contributed by atoms with Crippen LogP contribution in [0.15, 0.2) is 29.7 Å². The first kappa shape index (κ1) is 9.36. The lowest BCUT2D eigenvalue weighted by atomic mass is 9.96.